The molecule has 4 atom stereocenters. The average molecular weight is 343 g/mol. The van der Waals surface area contributed by atoms with E-state index < -0.39 is 10.0 Å². The Labute approximate surface area is 139 Å². The van der Waals surface area contributed by atoms with Crippen molar-refractivity contribution in [2.24, 2.45) is 23.5 Å². The number of piperidine rings is 1. The minimum atomic E-state index is -3.17. The third kappa shape index (κ3) is 3.56. The number of nitrogens with two attached hydrogens (primary N) is 1. The zero-order chi connectivity index (χ0) is 16.6. The van der Waals surface area contributed by atoms with Crippen LogP contribution in [-0.2, 0) is 14.8 Å². The maximum atomic E-state index is 12.8. The molecule has 0 radical (unpaired) electrons. The number of fused-ring (bicyclic) bond motifs is 2. The highest BCUT2D eigenvalue weighted by Gasteiger charge is 2.50. The summed E-state index contributed by atoms with van der Waals surface area (Å²) >= 11 is 0. The smallest absolute Gasteiger partial charge is 0.227 e. The summed E-state index contributed by atoms with van der Waals surface area (Å²) in [5.41, 5.74) is 6.28. The molecule has 3 rings (SSSR count). The number of carbonyl (C=O) groups is 1. The highest BCUT2D eigenvalue weighted by Crippen LogP contribution is 2.48. The molecule has 7 heteroatoms. The van der Waals surface area contributed by atoms with Crippen molar-refractivity contribution >= 4 is 15.9 Å². The van der Waals surface area contributed by atoms with Gasteiger partial charge >= 0.3 is 0 Å². The fourth-order valence-electron chi connectivity index (χ4n) is 4.71. The first kappa shape index (κ1) is 17.2. The molecule has 2 aliphatic carbocycles. The average Bonchev–Trinajstić information content (AvgIpc) is 3.07. The zero-order valence-corrected chi connectivity index (χ0v) is 14.7. The second-order valence-electron chi connectivity index (χ2n) is 7.47. The lowest BCUT2D eigenvalue weighted by atomic mass is 9.83. The lowest BCUT2D eigenvalue weighted by Gasteiger charge is -2.37. The van der Waals surface area contributed by atoms with E-state index in [2.05, 4.69) is 4.72 Å². The van der Waals surface area contributed by atoms with E-state index in [0.29, 0.717) is 44.2 Å². The molecule has 2 bridgehead atoms. The summed E-state index contributed by atoms with van der Waals surface area (Å²) in [7, 11) is -3.17. The van der Waals surface area contributed by atoms with Crippen LogP contribution in [0.3, 0.4) is 0 Å². The summed E-state index contributed by atoms with van der Waals surface area (Å²) in [6.07, 6.45) is 5.45. The van der Waals surface area contributed by atoms with E-state index in [9.17, 15) is 13.2 Å². The van der Waals surface area contributed by atoms with E-state index in [1.807, 2.05) is 11.8 Å². The summed E-state index contributed by atoms with van der Waals surface area (Å²) in [4.78, 5) is 14.7. The van der Waals surface area contributed by atoms with Crippen LogP contribution in [-0.4, -0.2) is 50.2 Å². The van der Waals surface area contributed by atoms with E-state index in [1.165, 1.54) is 6.42 Å². The number of rotatable bonds is 5. The Morgan fingerprint density at radius 3 is 2.39 bits per heavy atom. The van der Waals surface area contributed by atoms with Gasteiger partial charge in [-0.3, -0.25) is 4.79 Å². The van der Waals surface area contributed by atoms with Crippen LogP contribution in [0.15, 0.2) is 0 Å². The fourth-order valence-corrected chi connectivity index (χ4v) is 6.11. The molecular formula is C16H29N3O3S. The molecular weight excluding hydrogens is 314 g/mol. The lowest BCUT2D eigenvalue weighted by Crippen LogP contribution is -2.52. The number of carbonyl (C=O) groups excluding carboxylic acids is 1. The second-order valence-corrected chi connectivity index (χ2v) is 9.35. The molecule has 1 amide bonds. The number of hydrogen-bond donors (Lipinski definition) is 2. The monoisotopic (exact) mass is 343 g/mol. The molecule has 2 saturated carbocycles. The van der Waals surface area contributed by atoms with Crippen molar-refractivity contribution in [1.29, 1.82) is 0 Å². The van der Waals surface area contributed by atoms with Crippen LogP contribution in [0.4, 0.5) is 0 Å². The number of nitrogens with one attached hydrogen (secondary N) is 1. The normalized spacial score (nSPS) is 35.0. The van der Waals surface area contributed by atoms with Crippen molar-refractivity contribution in [2.75, 3.05) is 18.8 Å². The summed E-state index contributed by atoms with van der Waals surface area (Å²) in [6, 6.07) is -0.00802. The predicted octanol–water partition coefficient (Wildman–Crippen LogP) is 0.680. The number of sulfonamides is 1. The summed E-state index contributed by atoms with van der Waals surface area (Å²) in [6.45, 7) is 3.14. The maximum Gasteiger partial charge on any atom is 0.227 e. The highest BCUT2D eigenvalue weighted by atomic mass is 32.2. The highest BCUT2D eigenvalue weighted by molar-refractivity contribution is 7.89. The molecule has 0 aromatic heterocycles. The molecule has 23 heavy (non-hydrogen) atoms. The molecule has 0 aromatic carbocycles. The van der Waals surface area contributed by atoms with Crippen molar-refractivity contribution in [3.05, 3.63) is 0 Å². The Kier molecular flexibility index (Phi) is 4.99. The van der Waals surface area contributed by atoms with Crippen LogP contribution in [0.5, 0.6) is 0 Å². The molecule has 3 N–H and O–H groups in total. The van der Waals surface area contributed by atoms with Gasteiger partial charge in [0, 0.05) is 25.2 Å². The summed E-state index contributed by atoms with van der Waals surface area (Å²) in [5, 5.41) is 0. The van der Waals surface area contributed by atoms with Gasteiger partial charge in [0.25, 0.3) is 0 Å². The van der Waals surface area contributed by atoms with Crippen LogP contribution >= 0.6 is 0 Å². The van der Waals surface area contributed by atoms with Crippen molar-refractivity contribution in [1.82, 2.24) is 9.62 Å². The van der Waals surface area contributed by atoms with Crippen molar-refractivity contribution in [3.63, 3.8) is 0 Å². The van der Waals surface area contributed by atoms with Crippen molar-refractivity contribution in [2.45, 2.75) is 57.5 Å². The van der Waals surface area contributed by atoms with Crippen LogP contribution in [0.1, 0.15) is 45.4 Å². The number of amides is 1. The maximum absolute atomic E-state index is 12.8. The van der Waals surface area contributed by atoms with E-state index >= 15 is 0 Å². The third-order valence-electron chi connectivity index (χ3n) is 5.89. The summed E-state index contributed by atoms with van der Waals surface area (Å²) in [5.74, 6) is 1.39. The minimum absolute atomic E-state index is 0.00193. The van der Waals surface area contributed by atoms with E-state index in [-0.39, 0.29) is 29.7 Å². The van der Waals surface area contributed by atoms with Gasteiger partial charge in [-0.25, -0.2) is 13.1 Å². The molecule has 1 saturated heterocycles. The molecule has 4 unspecified atom stereocenters. The Morgan fingerprint density at radius 2 is 1.83 bits per heavy atom. The molecule has 6 nitrogen and oxygen atoms in total. The number of nitrogens with zero attached hydrogens (tertiary/aromatic N) is 1. The van der Waals surface area contributed by atoms with Gasteiger partial charge in [-0.05, 0) is 50.4 Å². The van der Waals surface area contributed by atoms with Gasteiger partial charge in [-0.2, -0.15) is 0 Å². The molecule has 132 valence electrons. The van der Waals surface area contributed by atoms with Crippen LogP contribution in [0, 0.1) is 17.8 Å². The van der Waals surface area contributed by atoms with Gasteiger partial charge in [-0.1, -0.05) is 6.92 Å². The van der Waals surface area contributed by atoms with Crippen LogP contribution < -0.4 is 10.5 Å². The Bertz CT molecular complexity index is 541. The van der Waals surface area contributed by atoms with Crippen molar-refractivity contribution in [3.8, 4) is 0 Å². The molecule has 3 fully saturated rings. The Balaban J connectivity index is 1.52. The fraction of sp³-hybridized carbons (Fsp3) is 0.938. The van der Waals surface area contributed by atoms with Crippen LogP contribution in [0.25, 0.3) is 0 Å². The van der Waals surface area contributed by atoms with Gasteiger partial charge in [0.2, 0.25) is 15.9 Å². The molecule has 0 spiro atoms. The Hall–Kier alpha value is -0.660. The third-order valence-corrected chi connectivity index (χ3v) is 7.53. The van der Waals surface area contributed by atoms with E-state index in [0.717, 1.165) is 12.8 Å². The molecule has 1 heterocycles. The first-order valence-corrected chi connectivity index (χ1v) is 10.6. The van der Waals surface area contributed by atoms with Crippen LogP contribution in [0.2, 0.25) is 0 Å². The van der Waals surface area contributed by atoms with E-state index in [4.69, 9.17) is 5.73 Å². The summed E-state index contributed by atoms with van der Waals surface area (Å²) < 4.78 is 26.5. The molecule has 3 aliphatic rings. The van der Waals surface area contributed by atoms with Crippen molar-refractivity contribution < 1.29 is 13.2 Å². The largest absolute Gasteiger partial charge is 0.342 e. The Morgan fingerprint density at radius 1 is 1.17 bits per heavy atom. The standard InChI is InChI=1S/C16H29N3O3S/c1-2-9-23(21,22)18-13-5-7-19(8-6-13)16(20)14-11-3-4-12(10-11)15(14)17/h11-15,18H,2-10,17H2,1H3. The predicted molar refractivity (Wildman–Crippen MR) is 89.1 cm³/mol. The molecule has 1 aliphatic heterocycles. The number of likely N-dealkylation sites (tertiary alicyclic amines) is 1. The van der Waals surface area contributed by atoms with Gasteiger partial charge in [0.05, 0.1) is 11.7 Å². The lowest BCUT2D eigenvalue weighted by molar-refractivity contribution is -0.138. The second kappa shape index (κ2) is 6.69. The van der Waals surface area contributed by atoms with E-state index in [1.54, 1.807) is 0 Å². The first-order chi connectivity index (χ1) is 10.9. The zero-order valence-electron chi connectivity index (χ0n) is 13.9. The minimum Gasteiger partial charge on any atom is -0.342 e. The topological polar surface area (TPSA) is 92.5 Å². The van der Waals surface area contributed by atoms with Gasteiger partial charge in [0.1, 0.15) is 0 Å². The quantitative estimate of drug-likeness (QED) is 0.768. The molecule has 0 aromatic rings. The number of hydrogen-bond acceptors (Lipinski definition) is 4. The van der Waals surface area contributed by atoms with Gasteiger partial charge in [0.15, 0.2) is 0 Å². The SMILES string of the molecule is CCCS(=O)(=O)NC1CCN(C(=O)C2C3CCC(C3)C2N)CC1. The van der Waals surface area contributed by atoms with Gasteiger partial charge < -0.3 is 10.6 Å². The first-order valence-electron chi connectivity index (χ1n) is 8.95. The van der Waals surface area contributed by atoms with Gasteiger partial charge in [-0.15, -0.1) is 0 Å².